The molecule has 2 aromatic rings. The van der Waals surface area contributed by atoms with Gasteiger partial charge in [0.15, 0.2) is 5.75 Å². The standard InChI is InChI=1S/C19H18N4O5/c1-10-3-6-13(7-4-10)21-18(25)16-11(2)20-19(26)22-17(16)12-5-8-15(24)14(9-12)23(27)28/h3-9,17,24H,1-2H3,(H,21,25)(H2,20,22,26)/t17-/m0/s1. The fourth-order valence-electron chi connectivity index (χ4n) is 2.95. The second-order valence-corrected chi connectivity index (χ2v) is 6.40. The number of hydrogen-bond acceptors (Lipinski definition) is 5. The van der Waals surface area contributed by atoms with Gasteiger partial charge in [0, 0.05) is 17.5 Å². The molecule has 9 nitrogen and oxygen atoms in total. The molecular formula is C19H18N4O5. The molecule has 9 heteroatoms. The largest absolute Gasteiger partial charge is 0.502 e. The number of hydrogen-bond donors (Lipinski definition) is 4. The second-order valence-electron chi connectivity index (χ2n) is 6.40. The highest BCUT2D eigenvalue weighted by Crippen LogP contribution is 2.33. The first-order chi connectivity index (χ1) is 13.3. The van der Waals surface area contributed by atoms with E-state index in [0.29, 0.717) is 16.9 Å². The van der Waals surface area contributed by atoms with E-state index in [1.807, 2.05) is 19.1 Å². The van der Waals surface area contributed by atoms with Crippen LogP contribution < -0.4 is 16.0 Å². The number of amides is 3. The third-order valence-corrected chi connectivity index (χ3v) is 4.35. The van der Waals surface area contributed by atoms with Gasteiger partial charge >= 0.3 is 11.7 Å². The zero-order valence-electron chi connectivity index (χ0n) is 15.1. The van der Waals surface area contributed by atoms with Gasteiger partial charge in [-0.3, -0.25) is 14.9 Å². The maximum Gasteiger partial charge on any atom is 0.319 e. The number of aromatic hydroxyl groups is 1. The summed E-state index contributed by atoms with van der Waals surface area (Å²) in [5.41, 5.74) is 1.93. The summed E-state index contributed by atoms with van der Waals surface area (Å²) in [5, 5.41) is 28.7. The molecule has 0 fully saturated rings. The minimum atomic E-state index is -0.918. The molecule has 3 amide bonds. The van der Waals surface area contributed by atoms with Gasteiger partial charge < -0.3 is 21.1 Å². The van der Waals surface area contributed by atoms with E-state index in [0.717, 1.165) is 17.7 Å². The molecule has 144 valence electrons. The van der Waals surface area contributed by atoms with Crippen molar-refractivity contribution in [1.82, 2.24) is 10.6 Å². The topological polar surface area (TPSA) is 134 Å². The molecule has 0 saturated carbocycles. The number of nitro groups is 1. The van der Waals surface area contributed by atoms with Crippen LogP contribution in [-0.2, 0) is 4.79 Å². The first kappa shape index (κ1) is 18.9. The van der Waals surface area contributed by atoms with Crippen LogP contribution in [0.2, 0.25) is 0 Å². The Balaban J connectivity index is 1.99. The molecule has 0 aliphatic carbocycles. The summed E-state index contributed by atoms with van der Waals surface area (Å²) in [6.07, 6.45) is 0. The highest BCUT2D eigenvalue weighted by molar-refractivity contribution is 6.06. The van der Waals surface area contributed by atoms with Gasteiger partial charge in [-0.05, 0) is 37.6 Å². The Morgan fingerprint density at radius 1 is 1.18 bits per heavy atom. The number of aryl methyl sites for hydroxylation is 1. The van der Waals surface area contributed by atoms with Crippen molar-refractivity contribution in [3.8, 4) is 5.75 Å². The molecule has 3 rings (SSSR count). The predicted molar refractivity (Wildman–Crippen MR) is 102 cm³/mol. The third-order valence-electron chi connectivity index (χ3n) is 4.35. The van der Waals surface area contributed by atoms with Gasteiger partial charge in [-0.15, -0.1) is 0 Å². The summed E-state index contributed by atoms with van der Waals surface area (Å²) in [6.45, 7) is 3.50. The lowest BCUT2D eigenvalue weighted by molar-refractivity contribution is -0.385. The smallest absolute Gasteiger partial charge is 0.319 e. The summed E-state index contributed by atoms with van der Waals surface area (Å²) in [7, 11) is 0. The highest BCUT2D eigenvalue weighted by atomic mass is 16.6. The number of benzene rings is 2. The van der Waals surface area contributed by atoms with E-state index in [1.54, 1.807) is 19.1 Å². The average molecular weight is 382 g/mol. The quantitative estimate of drug-likeness (QED) is 0.476. The molecule has 0 aromatic heterocycles. The first-order valence-corrected chi connectivity index (χ1v) is 8.40. The Morgan fingerprint density at radius 2 is 1.86 bits per heavy atom. The monoisotopic (exact) mass is 382 g/mol. The minimum Gasteiger partial charge on any atom is -0.502 e. The van der Waals surface area contributed by atoms with Crippen molar-refractivity contribution in [2.75, 3.05) is 5.32 Å². The number of nitrogens with one attached hydrogen (secondary N) is 3. The van der Waals surface area contributed by atoms with Crippen LogP contribution in [0.3, 0.4) is 0 Å². The maximum atomic E-state index is 12.9. The van der Waals surface area contributed by atoms with Gasteiger partial charge in [-0.1, -0.05) is 23.8 Å². The van der Waals surface area contributed by atoms with Crippen LogP contribution in [0.4, 0.5) is 16.2 Å². The number of carbonyl (C=O) groups excluding carboxylic acids is 2. The molecule has 0 spiro atoms. The van der Waals surface area contributed by atoms with Crippen LogP contribution in [0.5, 0.6) is 5.75 Å². The van der Waals surface area contributed by atoms with Crippen LogP contribution in [0.1, 0.15) is 24.1 Å². The van der Waals surface area contributed by atoms with E-state index in [-0.39, 0.29) is 5.57 Å². The molecule has 0 unspecified atom stereocenters. The van der Waals surface area contributed by atoms with E-state index in [1.165, 1.54) is 6.07 Å². The molecular weight excluding hydrogens is 364 g/mol. The van der Waals surface area contributed by atoms with E-state index < -0.39 is 34.3 Å². The molecule has 1 aliphatic heterocycles. The van der Waals surface area contributed by atoms with Gasteiger partial charge in [0.05, 0.1) is 16.5 Å². The number of urea groups is 1. The zero-order valence-corrected chi connectivity index (χ0v) is 15.1. The van der Waals surface area contributed by atoms with Crippen molar-refractivity contribution < 1.29 is 19.6 Å². The third kappa shape index (κ3) is 3.78. The molecule has 0 saturated heterocycles. The Bertz CT molecular complexity index is 998. The molecule has 28 heavy (non-hydrogen) atoms. The zero-order chi connectivity index (χ0) is 20.4. The Morgan fingerprint density at radius 3 is 2.50 bits per heavy atom. The molecule has 4 N–H and O–H groups in total. The van der Waals surface area contributed by atoms with Crippen molar-refractivity contribution in [1.29, 1.82) is 0 Å². The number of phenols is 1. The molecule has 1 heterocycles. The van der Waals surface area contributed by atoms with Crippen molar-refractivity contribution in [3.63, 3.8) is 0 Å². The first-order valence-electron chi connectivity index (χ1n) is 8.40. The SMILES string of the molecule is CC1=C(C(=O)Nc2ccc(C)cc2)[C@H](c2ccc(O)c([N+](=O)[O-])c2)NC(=O)N1. The molecule has 2 aromatic carbocycles. The maximum absolute atomic E-state index is 12.9. The van der Waals surface area contributed by atoms with E-state index >= 15 is 0 Å². The van der Waals surface area contributed by atoms with Gasteiger partial charge in [-0.2, -0.15) is 0 Å². The Labute approximate surface area is 160 Å². The number of phenolic OH excluding ortho intramolecular Hbond substituents is 1. The molecule has 1 atom stereocenters. The van der Waals surface area contributed by atoms with Crippen molar-refractivity contribution >= 4 is 23.3 Å². The fraction of sp³-hybridized carbons (Fsp3) is 0.158. The van der Waals surface area contributed by atoms with Crippen molar-refractivity contribution in [2.24, 2.45) is 0 Å². The second kappa shape index (κ2) is 7.39. The molecule has 0 radical (unpaired) electrons. The van der Waals surface area contributed by atoms with Crippen molar-refractivity contribution in [2.45, 2.75) is 19.9 Å². The average Bonchev–Trinajstić information content (AvgIpc) is 2.63. The number of nitro benzene ring substituents is 1. The van der Waals surface area contributed by atoms with Gasteiger partial charge in [0.2, 0.25) is 0 Å². The molecule has 1 aliphatic rings. The van der Waals surface area contributed by atoms with Gasteiger partial charge in [0.1, 0.15) is 0 Å². The van der Waals surface area contributed by atoms with Gasteiger partial charge in [0.25, 0.3) is 5.91 Å². The van der Waals surface area contributed by atoms with E-state index in [2.05, 4.69) is 16.0 Å². The Hall–Kier alpha value is -3.88. The number of anilines is 1. The highest BCUT2D eigenvalue weighted by Gasteiger charge is 2.32. The summed E-state index contributed by atoms with van der Waals surface area (Å²) in [6, 6.07) is 9.45. The number of rotatable bonds is 4. The number of carbonyl (C=O) groups is 2. The number of allylic oxidation sites excluding steroid dienone is 1. The van der Waals surface area contributed by atoms with Crippen molar-refractivity contribution in [3.05, 3.63) is 75.0 Å². The van der Waals surface area contributed by atoms with Crippen LogP contribution in [0, 0.1) is 17.0 Å². The fourth-order valence-corrected chi connectivity index (χ4v) is 2.95. The lowest BCUT2D eigenvalue weighted by Crippen LogP contribution is -2.46. The number of nitrogens with zero attached hydrogens (tertiary/aromatic N) is 1. The summed E-state index contributed by atoms with van der Waals surface area (Å²) in [4.78, 5) is 35.2. The summed E-state index contributed by atoms with van der Waals surface area (Å²) >= 11 is 0. The summed E-state index contributed by atoms with van der Waals surface area (Å²) in [5.74, 6) is -0.963. The predicted octanol–water partition coefficient (Wildman–Crippen LogP) is 2.88. The summed E-state index contributed by atoms with van der Waals surface area (Å²) < 4.78 is 0. The lowest BCUT2D eigenvalue weighted by Gasteiger charge is -2.28. The van der Waals surface area contributed by atoms with Crippen LogP contribution >= 0.6 is 0 Å². The van der Waals surface area contributed by atoms with Crippen LogP contribution in [0.15, 0.2) is 53.7 Å². The normalized spacial score (nSPS) is 16.2. The minimum absolute atomic E-state index is 0.208. The molecule has 0 bridgehead atoms. The Kier molecular flexibility index (Phi) is 4.99. The van der Waals surface area contributed by atoms with E-state index in [9.17, 15) is 24.8 Å². The van der Waals surface area contributed by atoms with Crippen LogP contribution in [0.25, 0.3) is 0 Å². The van der Waals surface area contributed by atoms with Crippen LogP contribution in [-0.4, -0.2) is 22.0 Å². The lowest BCUT2D eigenvalue weighted by atomic mass is 9.94. The van der Waals surface area contributed by atoms with Gasteiger partial charge in [-0.25, -0.2) is 4.79 Å². The van der Waals surface area contributed by atoms with E-state index in [4.69, 9.17) is 0 Å².